The fraction of sp³-hybridized carbons (Fsp3) is 0.684. The number of ether oxygens (including phenoxy) is 1. The predicted molar refractivity (Wildman–Crippen MR) is 93.3 cm³/mol. The van der Waals surface area contributed by atoms with E-state index in [2.05, 4.69) is 6.07 Å². The van der Waals surface area contributed by atoms with E-state index < -0.39 is 6.04 Å². The zero-order valence-electron chi connectivity index (χ0n) is 14.3. The molecular weight excluding hydrogens is 322 g/mol. The number of fused-ring (bicyclic) bond motifs is 2. The summed E-state index contributed by atoms with van der Waals surface area (Å²) in [6.45, 7) is 0. The number of hydrogen-bond acceptors (Lipinski definition) is 4. The van der Waals surface area contributed by atoms with Crippen LogP contribution >= 0.6 is 11.3 Å². The van der Waals surface area contributed by atoms with Crippen molar-refractivity contribution in [3.8, 4) is 0 Å². The molecule has 0 unspecified atom stereocenters. The molecule has 24 heavy (non-hydrogen) atoms. The molecule has 0 bridgehead atoms. The molecule has 1 saturated carbocycles. The first-order valence-corrected chi connectivity index (χ1v) is 10.0. The third-order valence-electron chi connectivity index (χ3n) is 6.00. The third-order valence-corrected chi connectivity index (χ3v) is 7.23. The maximum absolute atomic E-state index is 13.3. The summed E-state index contributed by atoms with van der Waals surface area (Å²) in [6, 6.07) is 1.91. The number of amides is 1. The molecule has 4 rings (SSSR count). The van der Waals surface area contributed by atoms with Crippen LogP contribution in [0.3, 0.4) is 0 Å². The van der Waals surface area contributed by atoms with Crippen LogP contribution in [0.2, 0.25) is 0 Å². The number of aryl methyl sites for hydroxylation is 2. The molecule has 1 aromatic heterocycles. The van der Waals surface area contributed by atoms with E-state index in [1.807, 2.05) is 4.90 Å². The lowest BCUT2D eigenvalue weighted by atomic mass is 9.84. The topological polar surface area (TPSA) is 46.6 Å². The number of carbonyl (C=O) groups is 2. The van der Waals surface area contributed by atoms with Crippen LogP contribution in [0, 0.1) is 5.92 Å². The zero-order valence-corrected chi connectivity index (χ0v) is 15.1. The molecule has 1 aromatic rings. The number of carbonyl (C=O) groups excluding carboxylic acids is 2. The minimum absolute atomic E-state index is 0.0548. The average Bonchev–Trinajstić information content (AvgIpc) is 3.21. The van der Waals surface area contributed by atoms with Crippen molar-refractivity contribution < 1.29 is 14.3 Å². The van der Waals surface area contributed by atoms with Crippen molar-refractivity contribution >= 4 is 23.2 Å². The van der Waals surface area contributed by atoms with E-state index in [4.69, 9.17) is 4.74 Å². The molecule has 0 radical (unpaired) electrons. The maximum Gasteiger partial charge on any atom is 0.328 e. The summed E-state index contributed by atoms with van der Waals surface area (Å²) in [5, 5.41) is 0. The standard InChI is InChI=1S/C19H25NO3S/c1-23-19(22)15-10-12-6-2-4-8-14(12)20(15)18(21)17-11-13-7-3-5-9-16(13)24-17/h11-12,14-15H,2-10H2,1H3/t12-,14-,15+/m1/s1. The molecule has 1 amide bonds. The van der Waals surface area contributed by atoms with Gasteiger partial charge < -0.3 is 9.64 Å². The maximum atomic E-state index is 13.3. The third kappa shape index (κ3) is 2.67. The van der Waals surface area contributed by atoms with Gasteiger partial charge in [0.05, 0.1) is 12.0 Å². The van der Waals surface area contributed by atoms with Crippen molar-refractivity contribution in [2.45, 2.75) is 69.9 Å². The molecule has 2 fully saturated rings. The number of rotatable bonds is 2. The molecule has 130 valence electrons. The van der Waals surface area contributed by atoms with Crippen LogP contribution in [-0.2, 0) is 22.4 Å². The van der Waals surface area contributed by atoms with Crippen molar-refractivity contribution in [2.75, 3.05) is 7.11 Å². The Bertz CT molecular complexity index is 630. The van der Waals surface area contributed by atoms with Gasteiger partial charge in [0.2, 0.25) is 0 Å². The second kappa shape index (κ2) is 6.51. The molecule has 1 aliphatic heterocycles. The monoisotopic (exact) mass is 347 g/mol. The molecular formula is C19H25NO3S. The summed E-state index contributed by atoms with van der Waals surface area (Å²) in [5.41, 5.74) is 1.35. The molecule has 2 aliphatic carbocycles. The number of likely N-dealkylation sites (tertiary alicyclic amines) is 1. The Labute approximate surface area is 147 Å². The summed E-state index contributed by atoms with van der Waals surface area (Å²) in [6.07, 6.45) is 9.92. The Morgan fingerprint density at radius 2 is 1.96 bits per heavy atom. The van der Waals surface area contributed by atoms with Crippen LogP contribution in [0.25, 0.3) is 0 Å². The minimum Gasteiger partial charge on any atom is -0.467 e. The Kier molecular flexibility index (Phi) is 4.37. The largest absolute Gasteiger partial charge is 0.467 e. The summed E-state index contributed by atoms with van der Waals surface area (Å²) < 4.78 is 5.01. The molecule has 0 spiro atoms. The SMILES string of the molecule is COC(=O)[C@@H]1C[C@H]2CCCC[C@H]2N1C(=O)c1cc2c(s1)CCCC2. The zero-order chi connectivity index (χ0) is 16.7. The van der Waals surface area contributed by atoms with Gasteiger partial charge in [-0.2, -0.15) is 0 Å². The van der Waals surface area contributed by atoms with Gasteiger partial charge in [-0.15, -0.1) is 11.3 Å². The van der Waals surface area contributed by atoms with Gasteiger partial charge in [0.1, 0.15) is 6.04 Å². The first-order chi connectivity index (χ1) is 11.7. The van der Waals surface area contributed by atoms with Crippen LogP contribution in [0.4, 0.5) is 0 Å². The van der Waals surface area contributed by atoms with E-state index in [9.17, 15) is 9.59 Å². The van der Waals surface area contributed by atoms with E-state index >= 15 is 0 Å². The van der Waals surface area contributed by atoms with E-state index in [1.165, 1.54) is 36.8 Å². The van der Waals surface area contributed by atoms with Crippen LogP contribution in [0.1, 0.15) is 65.1 Å². The molecule has 3 atom stereocenters. The molecule has 0 N–H and O–H groups in total. The fourth-order valence-corrected chi connectivity index (χ4v) is 6.02. The lowest BCUT2D eigenvalue weighted by Gasteiger charge is -2.33. The normalized spacial score (nSPS) is 29.0. The average molecular weight is 347 g/mol. The van der Waals surface area contributed by atoms with Gasteiger partial charge in [-0.3, -0.25) is 4.79 Å². The molecule has 3 aliphatic rings. The first kappa shape index (κ1) is 16.1. The van der Waals surface area contributed by atoms with E-state index in [-0.39, 0.29) is 17.9 Å². The van der Waals surface area contributed by atoms with Crippen LogP contribution in [0.15, 0.2) is 6.07 Å². The van der Waals surface area contributed by atoms with Gasteiger partial charge in [-0.05, 0) is 62.5 Å². The highest BCUT2D eigenvalue weighted by molar-refractivity contribution is 7.14. The highest BCUT2D eigenvalue weighted by atomic mass is 32.1. The summed E-state index contributed by atoms with van der Waals surface area (Å²) in [4.78, 5) is 29.6. The van der Waals surface area contributed by atoms with Crippen molar-refractivity contribution in [2.24, 2.45) is 5.92 Å². The second-order valence-corrected chi connectivity index (χ2v) is 8.50. The smallest absolute Gasteiger partial charge is 0.328 e. The number of thiophene rings is 1. The van der Waals surface area contributed by atoms with Crippen molar-refractivity contribution in [3.63, 3.8) is 0 Å². The quantitative estimate of drug-likeness (QED) is 0.768. The minimum atomic E-state index is -0.394. The fourth-order valence-electron chi connectivity index (χ4n) is 4.82. The van der Waals surface area contributed by atoms with Gasteiger partial charge in [0.15, 0.2) is 0 Å². The van der Waals surface area contributed by atoms with Crippen molar-refractivity contribution in [1.82, 2.24) is 4.90 Å². The number of methoxy groups -OCH3 is 1. The lowest BCUT2D eigenvalue weighted by molar-refractivity contribution is -0.145. The molecule has 1 saturated heterocycles. The van der Waals surface area contributed by atoms with Crippen molar-refractivity contribution in [3.05, 3.63) is 21.4 Å². The van der Waals surface area contributed by atoms with Crippen LogP contribution in [-0.4, -0.2) is 36.0 Å². The molecule has 5 heteroatoms. The van der Waals surface area contributed by atoms with Gasteiger partial charge in [-0.25, -0.2) is 4.79 Å². The second-order valence-electron chi connectivity index (χ2n) is 7.37. The number of nitrogens with zero attached hydrogens (tertiary/aromatic N) is 1. The van der Waals surface area contributed by atoms with Crippen molar-refractivity contribution in [1.29, 1.82) is 0 Å². The van der Waals surface area contributed by atoms with Gasteiger partial charge in [0, 0.05) is 10.9 Å². The Morgan fingerprint density at radius 1 is 1.17 bits per heavy atom. The number of esters is 1. The molecule has 2 heterocycles. The summed E-state index contributed by atoms with van der Waals surface area (Å²) >= 11 is 1.65. The molecule has 0 aromatic carbocycles. The van der Waals surface area contributed by atoms with Gasteiger partial charge >= 0.3 is 5.97 Å². The Hall–Kier alpha value is -1.36. The highest BCUT2D eigenvalue weighted by Gasteiger charge is 2.48. The molecule has 4 nitrogen and oxygen atoms in total. The van der Waals surface area contributed by atoms with Gasteiger partial charge in [0.25, 0.3) is 5.91 Å². The van der Waals surface area contributed by atoms with E-state index in [0.717, 1.165) is 43.4 Å². The van der Waals surface area contributed by atoms with Crippen LogP contribution < -0.4 is 0 Å². The first-order valence-electron chi connectivity index (χ1n) is 9.21. The Morgan fingerprint density at radius 3 is 2.75 bits per heavy atom. The van der Waals surface area contributed by atoms with Crippen LogP contribution in [0.5, 0.6) is 0 Å². The Balaban J connectivity index is 1.64. The van der Waals surface area contributed by atoms with E-state index in [1.54, 1.807) is 11.3 Å². The lowest BCUT2D eigenvalue weighted by Crippen LogP contribution is -2.46. The predicted octanol–water partition coefficient (Wildman–Crippen LogP) is 3.57. The summed E-state index contributed by atoms with van der Waals surface area (Å²) in [5.74, 6) is 0.264. The van der Waals surface area contributed by atoms with Gasteiger partial charge in [-0.1, -0.05) is 12.8 Å². The summed E-state index contributed by atoms with van der Waals surface area (Å²) in [7, 11) is 1.43. The highest BCUT2D eigenvalue weighted by Crippen LogP contribution is 2.42. The van der Waals surface area contributed by atoms with E-state index in [0.29, 0.717) is 5.92 Å². The number of hydrogen-bond donors (Lipinski definition) is 0.